The molecule has 0 bridgehead atoms. The maximum Gasteiger partial charge on any atom is 0.0940 e. The molecule has 1 aromatic rings. The molecule has 2 unspecified atom stereocenters. The topological polar surface area (TPSA) is 50.9 Å². The molecule has 1 aliphatic carbocycles. The van der Waals surface area contributed by atoms with Crippen molar-refractivity contribution in [3.8, 4) is 0 Å². The third-order valence-electron chi connectivity index (χ3n) is 3.79. The second kappa shape index (κ2) is 6.13. The van der Waals surface area contributed by atoms with Gasteiger partial charge < -0.3 is 11.1 Å². The van der Waals surface area contributed by atoms with E-state index in [9.17, 15) is 0 Å². The number of rotatable bonds is 5. The van der Waals surface area contributed by atoms with Gasteiger partial charge in [0, 0.05) is 36.1 Å². The lowest BCUT2D eigenvalue weighted by Crippen LogP contribution is -2.51. The summed E-state index contributed by atoms with van der Waals surface area (Å²) < 4.78 is 0. The minimum atomic E-state index is 0.0243. The molecular formula is C14H25N3S. The first kappa shape index (κ1) is 14.0. The Bertz CT molecular complexity index is 377. The van der Waals surface area contributed by atoms with E-state index in [1.165, 1.54) is 24.3 Å². The van der Waals surface area contributed by atoms with Crippen LogP contribution >= 0.6 is 11.3 Å². The molecule has 4 heteroatoms. The minimum Gasteiger partial charge on any atom is -0.324 e. The second-order valence-corrected chi connectivity index (χ2v) is 6.82. The van der Waals surface area contributed by atoms with Crippen molar-refractivity contribution >= 4 is 11.3 Å². The zero-order valence-electron chi connectivity index (χ0n) is 11.5. The first-order chi connectivity index (χ1) is 8.57. The van der Waals surface area contributed by atoms with Gasteiger partial charge in [-0.25, -0.2) is 4.98 Å². The summed E-state index contributed by atoms with van der Waals surface area (Å²) in [6, 6.07) is 0. The Kier molecular flexibility index (Phi) is 4.76. The summed E-state index contributed by atoms with van der Waals surface area (Å²) in [6.07, 6.45) is 5.98. The summed E-state index contributed by atoms with van der Waals surface area (Å²) in [7, 11) is 0. The fourth-order valence-corrected chi connectivity index (χ4v) is 3.69. The van der Waals surface area contributed by atoms with Gasteiger partial charge in [-0.05, 0) is 25.7 Å². The monoisotopic (exact) mass is 267 g/mol. The summed E-state index contributed by atoms with van der Waals surface area (Å²) in [5.74, 6) is 0.784. The van der Waals surface area contributed by atoms with Gasteiger partial charge in [-0.2, -0.15) is 0 Å². The van der Waals surface area contributed by atoms with Gasteiger partial charge in [-0.1, -0.05) is 19.8 Å². The average Bonchev–Trinajstić information content (AvgIpc) is 2.70. The molecule has 3 nitrogen and oxygen atoms in total. The van der Waals surface area contributed by atoms with Crippen LogP contribution < -0.4 is 11.1 Å². The molecule has 18 heavy (non-hydrogen) atoms. The Morgan fingerprint density at radius 1 is 1.61 bits per heavy atom. The smallest absolute Gasteiger partial charge is 0.0940 e. The van der Waals surface area contributed by atoms with E-state index in [2.05, 4.69) is 22.6 Å². The fraction of sp³-hybridized carbons (Fsp3) is 0.786. The maximum atomic E-state index is 6.46. The van der Waals surface area contributed by atoms with Gasteiger partial charge in [0.2, 0.25) is 0 Å². The van der Waals surface area contributed by atoms with Crippen LogP contribution in [0.5, 0.6) is 0 Å². The van der Waals surface area contributed by atoms with E-state index in [-0.39, 0.29) is 5.54 Å². The number of thiazole rings is 1. The van der Waals surface area contributed by atoms with E-state index in [0.29, 0.717) is 0 Å². The molecule has 102 valence electrons. The maximum absolute atomic E-state index is 6.46. The first-order valence-corrected chi connectivity index (χ1v) is 7.86. The summed E-state index contributed by atoms with van der Waals surface area (Å²) in [5.41, 5.74) is 7.61. The van der Waals surface area contributed by atoms with Crippen LogP contribution in [0.4, 0.5) is 0 Å². The molecule has 1 fully saturated rings. The van der Waals surface area contributed by atoms with Crippen molar-refractivity contribution < 1.29 is 0 Å². The van der Waals surface area contributed by atoms with Gasteiger partial charge >= 0.3 is 0 Å². The van der Waals surface area contributed by atoms with Crippen LogP contribution in [0, 0.1) is 12.8 Å². The van der Waals surface area contributed by atoms with Gasteiger partial charge in [-0.3, -0.25) is 0 Å². The Morgan fingerprint density at radius 2 is 2.44 bits per heavy atom. The lowest BCUT2D eigenvalue weighted by Gasteiger charge is -2.37. The molecule has 1 aliphatic rings. The SMILES string of the molecule is Cc1csc(CCNCC2(N)CCCC(C)C2)n1. The van der Waals surface area contributed by atoms with Crippen molar-refractivity contribution in [2.45, 2.75) is 51.5 Å². The molecular weight excluding hydrogens is 242 g/mol. The molecule has 3 N–H and O–H groups in total. The van der Waals surface area contributed by atoms with Gasteiger partial charge in [0.15, 0.2) is 0 Å². The van der Waals surface area contributed by atoms with E-state index >= 15 is 0 Å². The van der Waals surface area contributed by atoms with Crippen molar-refractivity contribution in [3.63, 3.8) is 0 Å². The van der Waals surface area contributed by atoms with Crippen LogP contribution in [-0.4, -0.2) is 23.6 Å². The van der Waals surface area contributed by atoms with E-state index in [1.807, 2.05) is 6.92 Å². The van der Waals surface area contributed by atoms with Gasteiger partial charge in [0.1, 0.15) is 0 Å². The molecule has 0 aromatic carbocycles. The molecule has 0 saturated heterocycles. The number of hydrogen-bond donors (Lipinski definition) is 2. The average molecular weight is 267 g/mol. The number of nitrogens with one attached hydrogen (secondary N) is 1. The van der Waals surface area contributed by atoms with E-state index in [0.717, 1.165) is 37.5 Å². The van der Waals surface area contributed by atoms with Crippen molar-refractivity contribution in [2.24, 2.45) is 11.7 Å². The van der Waals surface area contributed by atoms with Crippen molar-refractivity contribution in [1.82, 2.24) is 10.3 Å². The van der Waals surface area contributed by atoms with Crippen molar-refractivity contribution in [2.75, 3.05) is 13.1 Å². The Balaban J connectivity index is 1.68. The number of nitrogens with two attached hydrogens (primary N) is 1. The summed E-state index contributed by atoms with van der Waals surface area (Å²) in [4.78, 5) is 4.47. The lowest BCUT2D eigenvalue weighted by atomic mass is 9.77. The number of nitrogens with zero attached hydrogens (tertiary/aromatic N) is 1. The second-order valence-electron chi connectivity index (χ2n) is 5.87. The molecule has 0 spiro atoms. The standard InChI is InChI=1S/C14H25N3S/c1-11-4-3-6-14(15,8-11)10-16-7-5-13-17-12(2)9-18-13/h9,11,16H,3-8,10,15H2,1-2H3. The predicted molar refractivity (Wildman–Crippen MR) is 78.0 cm³/mol. The minimum absolute atomic E-state index is 0.0243. The van der Waals surface area contributed by atoms with Crippen LogP contribution in [0.2, 0.25) is 0 Å². The largest absolute Gasteiger partial charge is 0.324 e. The molecule has 2 atom stereocenters. The quantitative estimate of drug-likeness (QED) is 0.806. The van der Waals surface area contributed by atoms with Crippen LogP contribution in [0.3, 0.4) is 0 Å². The third-order valence-corrected chi connectivity index (χ3v) is 4.81. The van der Waals surface area contributed by atoms with Crippen LogP contribution in [0.25, 0.3) is 0 Å². The molecule has 0 radical (unpaired) electrons. The highest BCUT2D eigenvalue weighted by Gasteiger charge is 2.30. The number of aryl methyl sites for hydroxylation is 1. The van der Waals surface area contributed by atoms with Crippen LogP contribution in [-0.2, 0) is 6.42 Å². The van der Waals surface area contributed by atoms with Crippen LogP contribution in [0.1, 0.15) is 43.3 Å². The number of hydrogen-bond acceptors (Lipinski definition) is 4. The zero-order valence-corrected chi connectivity index (χ0v) is 12.4. The summed E-state index contributed by atoms with van der Waals surface area (Å²) in [6.45, 7) is 6.30. The molecule has 0 aliphatic heterocycles. The predicted octanol–water partition coefficient (Wildman–Crippen LogP) is 2.49. The Labute approximate surface area is 114 Å². The van der Waals surface area contributed by atoms with Gasteiger partial charge in [0.05, 0.1) is 5.01 Å². The van der Waals surface area contributed by atoms with E-state index in [4.69, 9.17) is 5.73 Å². The fourth-order valence-electron chi connectivity index (χ4n) is 2.91. The Hall–Kier alpha value is -0.450. The number of aromatic nitrogens is 1. The molecule has 2 rings (SSSR count). The first-order valence-electron chi connectivity index (χ1n) is 6.98. The highest BCUT2D eigenvalue weighted by Crippen LogP contribution is 2.29. The van der Waals surface area contributed by atoms with E-state index < -0.39 is 0 Å². The molecule has 0 amide bonds. The Morgan fingerprint density at radius 3 is 3.11 bits per heavy atom. The lowest BCUT2D eigenvalue weighted by molar-refractivity contribution is 0.230. The highest BCUT2D eigenvalue weighted by molar-refractivity contribution is 7.09. The molecule has 1 saturated carbocycles. The zero-order chi connectivity index (χ0) is 13.0. The van der Waals surface area contributed by atoms with Crippen molar-refractivity contribution in [3.05, 3.63) is 16.1 Å². The van der Waals surface area contributed by atoms with E-state index in [1.54, 1.807) is 11.3 Å². The summed E-state index contributed by atoms with van der Waals surface area (Å²) >= 11 is 1.75. The molecule has 1 aromatic heterocycles. The normalized spacial score (nSPS) is 28.5. The summed E-state index contributed by atoms with van der Waals surface area (Å²) in [5, 5.41) is 6.85. The van der Waals surface area contributed by atoms with Gasteiger partial charge in [0.25, 0.3) is 0 Å². The van der Waals surface area contributed by atoms with Crippen LogP contribution in [0.15, 0.2) is 5.38 Å². The highest BCUT2D eigenvalue weighted by atomic mass is 32.1. The van der Waals surface area contributed by atoms with Gasteiger partial charge in [-0.15, -0.1) is 11.3 Å². The molecule has 1 heterocycles. The third kappa shape index (κ3) is 4.04. The van der Waals surface area contributed by atoms with Crippen molar-refractivity contribution in [1.29, 1.82) is 0 Å².